The van der Waals surface area contributed by atoms with Crippen molar-refractivity contribution < 1.29 is 4.79 Å². The van der Waals surface area contributed by atoms with Crippen LogP contribution in [0, 0.1) is 13.8 Å². The van der Waals surface area contributed by atoms with Gasteiger partial charge in [-0.1, -0.05) is 42.0 Å². The van der Waals surface area contributed by atoms with Crippen LogP contribution in [0.15, 0.2) is 42.5 Å². The molecule has 2 aromatic carbocycles. The minimum atomic E-state index is 0.815. The lowest BCUT2D eigenvalue weighted by atomic mass is 10.0. The van der Waals surface area contributed by atoms with Crippen LogP contribution in [-0.2, 0) is 11.5 Å². The van der Waals surface area contributed by atoms with E-state index >= 15 is 0 Å². The number of hydrogen-bond acceptors (Lipinski definition) is 2. The summed E-state index contributed by atoms with van der Waals surface area (Å²) >= 11 is 1.89. The Morgan fingerprint density at radius 3 is 2.47 bits per heavy atom. The van der Waals surface area contributed by atoms with Crippen molar-refractivity contribution in [3.05, 3.63) is 70.3 Å². The molecule has 0 aliphatic carbocycles. The molecule has 0 bridgehead atoms. The molecule has 0 heterocycles. The molecule has 0 fully saturated rings. The molecule has 98 valence electrons. The largest absolute Gasteiger partial charge is 0.298 e. The van der Waals surface area contributed by atoms with E-state index in [1.54, 1.807) is 0 Å². The van der Waals surface area contributed by atoms with Crippen molar-refractivity contribution in [1.82, 2.24) is 0 Å². The summed E-state index contributed by atoms with van der Waals surface area (Å²) in [6.45, 7) is 4.07. The van der Waals surface area contributed by atoms with Gasteiger partial charge in [-0.3, -0.25) is 4.79 Å². The Morgan fingerprint density at radius 2 is 1.79 bits per heavy atom. The van der Waals surface area contributed by atoms with E-state index in [2.05, 4.69) is 30.3 Å². The summed E-state index contributed by atoms with van der Waals surface area (Å²) in [6.07, 6.45) is 0.952. The number of hydrogen-bond donors (Lipinski definition) is 0. The first kappa shape index (κ1) is 13.9. The molecule has 0 saturated heterocycles. The fourth-order valence-electron chi connectivity index (χ4n) is 2.09. The highest BCUT2D eigenvalue weighted by Crippen LogP contribution is 2.23. The highest BCUT2D eigenvalue weighted by atomic mass is 32.2. The van der Waals surface area contributed by atoms with Crippen molar-refractivity contribution in [2.45, 2.75) is 25.4 Å². The van der Waals surface area contributed by atoms with Crippen LogP contribution in [0.25, 0.3) is 0 Å². The van der Waals surface area contributed by atoms with Crippen LogP contribution in [0.5, 0.6) is 0 Å². The number of benzene rings is 2. The van der Waals surface area contributed by atoms with E-state index in [1.165, 1.54) is 11.1 Å². The SMILES string of the molecule is Cc1cc(C=O)c(C)c(CSCc2ccccc2)c1. The second-order valence-electron chi connectivity index (χ2n) is 4.73. The monoisotopic (exact) mass is 270 g/mol. The molecule has 0 N–H and O–H groups in total. The summed E-state index contributed by atoms with van der Waals surface area (Å²) in [7, 11) is 0. The lowest BCUT2D eigenvalue weighted by Gasteiger charge is -2.09. The molecule has 2 rings (SSSR count). The van der Waals surface area contributed by atoms with Gasteiger partial charge in [0.1, 0.15) is 6.29 Å². The van der Waals surface area contributed by atoms with E-state index in [0.717, 1.165) is 34.5 Å². The van der Waals surface area contributed by atoms with Crippen molar-refractivity contribution >= 4 is 18.0 Å². The quantitative estimate of drug-likeness (QED) is 0.741. The van der Waals surface area contributed by atoms with Gasteiger partial charge < -0.3 is 0 Å². The minimum absolute atomic E-state index is 0.815. The van der Waals surface area contributed by atoms with Gasteiger partial charge >= 0.3 is 0 Å². The molecule has 0 atom stereocenters. The number of thioether (sulfide) groups is 1. The minimum Gasteiger partial charge on any atom is -0.298 e. The third-order valence-corrected chi connectivity index (χ3v) is 4.25. The molecule has 19 heavy (non-hydrogen) atoms. The standard InChI is InChI=1S/C17H18OS/c1-13-8-16(10-18)14(2)17(9-13)12-19-11-15-6-4-3-5-7-15/h3-10H,11-12H2,1-2H3. The predicted octanol–water partition coefficient (Wildman–Crippen LogP) is 4.55. The van der Waals surface area contributed by atoms with Crippen LogP contribution < -0.4 is 0 Å². The molecule has 0 aliphatic heterocycles. The molecule has 2 heteroatoms. The number of rotatable bonds is 5. The second-order valence-corrected chi connectivity index (χ2v) is 5.72. The molecule has 0 spiro atoms. The van der Waals surface area contributed by atoms with Crippen molar-refractivity contribution in [2.24, 2.45) is 0 Å². The van der Waals surface area contributed by atoms with Gasteiger partial charge in [0, 0.05) is 17.1 Å². The Kier molecular flexibility index (Phi) is 4.80. The van der Waals surface area contributed by atoms with Gasteiger partial charge in [-0.25, -0.2) is 0 Å². The number of carbonyl (C=O) groups excluding carboxylic acids is 1. The molecule has 2 aromatic rings. The maximum Gasteiger partial charge on any atom is 0.150 e. The molecule has 0 amide bonds. The lowest BCUT2D eigenvalue weighted by molar-refractivity contribution is 0.112. The van der Waals surface area contributed by atoms with Crippen molar-refractivity contribution in [3.63, 3.8) is 0 Å². The molecule has 0 aromatic heterocycles. The van der Waals surface area contributed by atoms with Crippen molar-refractivity contribution in [3.8, 4) is 0 Å². The Labute approximate surface area is 119 Å². The van der Waals surface area contributed by atoms with Crippen LogP contribution >= 0.6 is 11.8 Å². The van der Waals surface area contributed by atoms with Crippen molar-refractivity contribution in [1.29, 1.82) is 0 Å². The van der Waals surface area contributed by atoms with Gasteiger partial charge in [-0.05, 0) is 36.6 Å². The molecular formula is C17H18OS. The summed E-state index contributed by atoms with van der Waals surface area (Å²) in [5.41, 5.74) is 5.69. The van der Waals surface area contributed by atoms with Gasteiger partial charge in [0.2, 0.25) is 0 Å². The van der Waals surface area contributed by atoms with Gasteiger partial charge in [0.05, 0.1) is 0 Å². The Hall–Kier alpha value is -1.54. The van der Waals surface area contributed by atoms with Crippen LogP contribution in [0.4, 0.5) is 0 Å². The zero-order valence-electron chi connectivity index (χ0n) is 11.3. The highest BCUT2D eigenvalue weighted by molar-refractivity contribution is 7.97. The summed E-state index contributed by atoms with van der Waals surface area (Å²) in [4.78, 5) is 11.0. The fourth-order valence-corrected chi connectivity index (χ4v) is 3.14. The second kappa shape index (κ2) is 6.58. The van der Waals surface area contributed by atoms with Gasteiger partial charge in [0.15, 0.2) is 0 Å². The number of carbonyl (C=O) groups is 1. The zero-order valence-corrected chi connectivity index (χ0v) is 12.2. The normalized spacial score (nSPS) is 10.4. The van der Waals surface area contributed by atoms with E-state index in [4.69, 9.17) is 0 Å². The first-order valence-corrected chi connectivity index (χ1v) is 7.53. The lowest BCUT2D eigenvalue weighted by Crippen LogP contribution is -1.95. The van der Waals surface area contributed by atoms with E-state index in [-0.39, 0.29) is 0 Å². The van der Waals surface area contributed by atoms with E-state index in [0.29, 0.717) is 0 Å². The van der Waals surface area contributed by atoms with E-state index < -0.39 is 0 Å². The maximum absolute atomic E-state index is 11.0. The number of aldehydes is 1. The summed E-state index contributed by atoms with van der Waals surface area (Å²) in [5.74, 6) is 1.95. The summed E-state index contributed by atoms with van der Waals surface area (Å²) in [6, 6.07) is 14.6. The molecule has 0 saturated carbocycles. The third-order valence-electron chi connectivity index (χ3n) is 3.20. The zero-order chi connectivity index (χ0) is 13.7. The Balaban J connectivity index is 2.04. The van der Waals surface area contributed by atoms with Crippen LogP contribution in [-0.4, -0.2) is 6.29 Å². The molecule has 0 aliphatic rings. The van der Waals surface area contributed by atoms with E-state index in [9.17, 15) is 4.79 Å². The first-order chi connectivity index (χ1) is 9.20. The highest BCUT2D eigenvalue weighted by Gasteiger charge is 2.05. The average Bonchev–Trinajstić information content (AvgIpc) is 2.43. The Bertz CT molecular complexity index is 561. The van der Waals surface area contributed by atoms with Crippen LogP contribution in [0.3, 0.4) is 0 Å². The van der Waals surface area contributed by atoms with Crippen molar-refractivity contribution in [2.75, 3.05) is 0 Å². The summed E-state index contributed by atoms with van der Waals surface area (Å²) in [5, 5.41) is 0. The van der Waals surface area contributed by atoms with E-state index in [1.807, 2.05) is 37.7 Å². The third kappa shape index (κ3) is 3.71. The average molecular weight is 270 g/mol. The topological polar surface area (TPSA) is 17.1 Å². The predicted molar refractivity (Wildman–Crippen MR) is 82.7 cm³/mol. The first-order valence-electron chi connectivity index (χ1n) is 6.37. The van der Waals surface area contributed by atoms with Gasteiger partial charge in [0.25, 0.3) is 0 Å². The number of aryl methyl sites for hydroxylation is 1. The molecule has 0 unspecified atom stereocenters. The Morgan fingerprint density at radius 1 is 1.05 bits per heavy atom. The summed E-state index contributed by atoms with van der Waals surface area (Å²) < 4.78 is 0. The maximum atomic E-state index is 11.0. The van der Waals surface area contributed by atoms with Crippen LogP contribution in [0.1, 0.15) is 32.6 Å². The molecular weight excluding hydrogens is 252 g/mol. The molecule has 1 nitrogen and oxygen atoms in total. The van der Waals surface area contributed by atoms with Gasteiger partial charge in [-0.15, -0.1) is 0 Å². The van der Waals surface area contributed by atoms with Crippen LogP contribution in [0.2, 0.25) is 0 Å². The fraction of sp³-hybridized carbons (Fsp3) is 0.235. The van der Waals surface area contributed by atoms with Gasteiger partial charge in [-0.2, -0.15) is 11.8 Å². The molecule has 0 radical (unpaired) electrons. The smallest absolute Gasteiger partial charge is 0.150 e.